The Balaban J connectivity index is 1.42. The predicted molar refractivity (Wildman–Crippen MR) is 150 cm³/mol. The van der Waals surface area contributed by atoms with Gasteiger partial charge in [0.05, 0.1) is 18.2 Å². The second-order valence-electron chi connectivity index (χ2n) is 8.98. The fraction of sp³-hybridized carbons (Fsp3) is 0.357. The lowest BCUT2D eigenvalue weighted by molar-refractivity contribution is -0.116. The van der Waals surface area contributed by atoms with Crippen LogP contribution in [0.3, 0.4) is 0 Å². The molecule has 1 N–H and O–H groups in total. The van der Waals surface area contributed by atoms with Crippen LogP contribution in [0.5, 0.6) is 5.75 Å². The smallest absolute Gasteiger partial charge is 0.341 e. The van der Waals surface area contributed by atoms with Gasteiger partial charge in [-0.3, -0.25) is 4.79 Å². The van der Waals surface area contributed by atoms with Gasteiger partial charge in [-0.05, 0) is 95.8 Å². The summed E-state index contributed by atoms with van der Waals surface area (Å²) in [6.45, 7) is 4.24. The quantitative estimate of drug-likeness (QED) is 0.214. The van der Waals surface area contributed by atoms with Gasteiger partial charge in [0.15, 0.2) is 0 Å². The van der Waals surface area contributed by atoms with E-state index >= 15 is 0 Å². The molecule has 0 bridgehead atoms. The molecule has 0 aliphatic heterocycles. The van der Waals surface area contributed by atoms with Gasteiger partial charge < -0.3 is 14.8 Å². The summed E-state index contributed by atoms with van der Waals surface area (Å²) < 4.78 is 11.8. The van der Waals surface area contributed by atoms with Crippen molar-refractivity contribution in [1.29, 1.82) is 0 Å². The minimum Gasteiger partial charge on any atom is -0.492 e. The molecule has 3 aromatic rings. The molecule has 8 heteroatoms. The van der Waals surface area contributed by atoms with Crippen molar-refractivity contribution in [2.24, 2.45) is 0 Å². The number of hydrogen-bond acceptors (Lipinski definition) is 5. The lowest BCUT2D eigenvalue weighted by Crippen LogP contribution is -2.15. The van der Waals surface area contributed by atoms with Crippen molar-refractivity contribution in [2.75, 3.05) is 19.0 Å². The molecule has 0 saturated heterocycles. The summed E-state index contributed by atoms with van der Waals surface area (Å²) in [5.41, 5.74) is 6.74. The van der Waals surface area contributed by atoms with Gasteiger partial charge in [0.2, 0.25) is 5.91 Å². The van der Waals surface area contributed by atoms with E-state index in [1.165, 1.54) is 42.4 Å². The van der Waals surface area contributed by atoms with Crippen molar-refractivity contribution in [3.8, 4) is 16.9 Å². The highest BCUT2D eigenvalue weighted by molar-refractivity contribution is 9.10. The SMILES string of the molecule is COC(=O)c1c(-c2ccc3c(c2)CCCC3)csc1NC(=O)CCCOc1cc(C)c(Cl)c(C)c1Br. The summed E-state index contributed by atoms with van der Waals surface area (Å²) in [6, 6.07) is 8.27. The van der Waals surface area contributed by atoms with Gasteiger partial charge in [-0.1, -0.05) is 29.8 Å². The molecule has 0 spiro atoms. The van der Waals surface area contributed by atoms with E-state index in [1.54, 1.807) is 0 Å². The molecular weight excluding hydrogens is 562 g/mol. The number of fused-ring (bicyclic) bond motifs is 1. The number of ether oxygens (including phenoxy) is 2. The first-order chi connectivity index (χ1) is 17.3. The largest absolute Gasteiger partial charge is 0.492 e. The number of carbonyl (C=O) groups excluding carboxylic acids is 2. The van der Waals surface area contributed by atoms with Crippen LogP contribution in [-0.2, 0) is 22.4 Å². The zero-order chi connectivity index (χ0) is 25.8. The molecule has 2 aromatic carbocycles. The third-order valence-electron chi connectivity index (χ3n) is 6.47. The summed E-state index contributed by atoms with van der Waals surface area (Å²) in [7, 11) is 1.36. The Hall–Kier alpha value is -2.35. The average molecular weight is 591 g/mol. The monoisotopic (exact) mass is 589 g/mol. The van der Waals surface area contributed by atoms with Crippen LogP contribution in [0.1, 0.15) is 58.3 Å². The highest BCUT2D eigenvalue weighted by Gasteiger charge is 2.23. The average Bonchev–Trinajstić information content (AvgIpc) is 3.30. The first-order valence-electron chi connectivity index (χ1n) is 12.0. The normalized spacial score (nSPS) is 12.7. The van der Waals surface area contributed by atoms with Crippen LogP contribution >= 0.6 is 38.9 Å². The topological polar surface area (TPSA) is 64.6 Å². The number of anilines is 1. The maximum Gasteiger partial charge on any atom is 0.341 e. The zero-order valence-electron chi connectivity index (χ0n) is 20.6. The molecule has 1 aliphatic rings. The van der Waals surface area contributed by atoms with E-state index < -0.39 is 5.97 Å². The highest BCUT2D eigenvalue weighted by atomic mass is 79.9. The maximum atomic E-state index is 12.7. The van der Waals surface area contributed by atoms with Gasteiger partial charge in [-0.2, -0.15) is 0 Å². The van der Waals surface area contributed by atoms with Gasteiger partial charge in [0.25, 0.3) is 0 Å². The van der Waals surface area contributed by atoms with Crippen LogP contribution in [0.2, 0.25) is 5.02 Å². The van der Waals surface area contributed by atoms with Gasteiger partial charge in [-0.25, -0.2) is 4.79 Å². The fourth-order valence-electron chi connectivity index (χ4n) is 4.48. The van der Waals surface area contributed by atoms with E-state index in [4.69, 9.17) is 21.1 Å². The third-order valence-corrected chi connectivity index (χ3v) is 8.93. The number of halogens is 2. The molecule has 0 atom stereocenters. The number of benzene rings is 2. The number of nitrogens with one attached hydrogen (secondary N) is 1. The summed E-state index contributed by atoms with van der Waals surface area (Å²) in [5, 5.41) is 6.04. The van der Waals surface area contributed by atoms with Crippen molar-refractivity contribution in [2.45, 2.75) is 52.4 Å². The fourth-order valence-corrected chi connectivity index (χ4v) is 6.14. The second-order valence-corrected chi connectivity index (χ2v) is 11.0. The minimum absolute atomic E-state index is 0.176. The van der Waals surface area contributed by atoms with Gasteiger partial charge in [0, 0.05) is 22.4 Å². The van der Waals surface area contributed by atoms with E-state index in [1.807, 2.05) is 25.3 Å². The Kier molecular flexibility index (Phi) is 8.75. The second kappa shape index (κ2) is 11.8. The number of hydrogen-bond donors (Lipinski definition) is 1. The predicted octanol–water partition coefficient (Wildman–Crippen LogP) is 7.91. The molecule has 36 heavy (non-hydrogen) atoms. The molecule has 0 fully saturated rings. The number of rotatable bonds is 8. The van der Waals surface area contributed by atoms with Crippen molar-refractivity contribution in [3.05, 3.63) is 67.0 Å². The number of thiophene rings is 1. The Morgan fingerprint density at radius 2 is 1.89 bits per heavy atom. The van der Waals surface area contributed by atoms with Crippen LogP contribution in [0, 0.1) is 13.8 Å². The van der Waals surface area contributed by atoms with Crippen LogP contribution in [0.4, 0.5) is 5.00 Å². The first kappa shape index (κ1) is 26.7. The molecule has 5 nitrogen and oxygen atoms in total. The van der Waals surface area contributed by atoms with Crippen molar-refractivity contribution in [1.82, 2.24) is 0 Å². The summed E-state index contributed by atoms with van der Waals surface area (Å²) in [4.78, 5) is 25.4. The molecule has 0 radical (unpaired) electrons. The van der Waals surface area contributed by atoms with Crippen molar-refractivity contribution >= 4 is 55.7 Å². The number of aryl methyl sites for hydroxylation is 3. The molecule has 190 valence electrons. The van der Waals surface area contributed by atoms with Crippen LogP contribution in [0.25, 0.3) is 11.1 Å². The summed E-state index contributed by atoms with van der Waals surface area (Å²) in [5.74, 6) is 0.0711. The molecule has 0 saturated carbocycles. The van der Waals surface area contributed by atoms with E-state index in [9.17, 15) is 9.59 Å². The lowest BCUT2D eigenvalue weighted by Gasteiger charge is -2.16. The number of amides is 1. The number of methoxy groups -OCH3 is 1. The highest BCUT2D eigenvalue weighted by Crippen LogP contribution is 2.38. The molecule has 1 aromatic heterocycles. The van der Waals surface area contributed by atoms with Crippen LogP contribution < -0.4 is 10.1 Å². The molecular formula is C28H29BrClNO4S. The first-order valence-corrected chi connectivity index (χ1v) is 14.0. The molecule has 0 unspecified atom stereocenters. The Morgan fingerprint density at radius 3 is 2.64 bits per heavy atom. The summed E-state index contributed by atoms with van der Waals surface area (Å²) >= 11 is 11.2. The van der Waals surface area contributed by atoms with E-state index in [0.717, 1.165) is 39.6 Å². The van der Waals surface area contributed by atoms with Gasteiger partial charge >= 0.3 is 5.97 Å². The Morgan fingerprint density at radius 1 is 1.14 bits per heavy atom. The zero-order valence-corrected chi connectivity index (χ0v) is 23.8. The molecule has 1 aliphatic carbocycles. The van der Waals surface area contributed by atoms with E-state index in [-0.39, 0.29) is 12.3 Å². The standard InChI is InChI=1S/C28H29BrClNO4S/c1-16-13-22(25(29)17(2)26(16)30)35-12-6-9-23(32)31-27-24(28(33)34-3)21(15-36-27)20-11-10-18-7-4-5-8-19(18)14-20/h10-11,13-15H,4-9,12H2,1-3H3,(H,31,32). The molecule has 1 amide bonds. The molecule has 1 heterocycles. The van der Waals surface area contributed by atoms with Crippen molar-refractivity contribution in [3.63, 3.8) is 0 Å². The summed E-state index contributed by atoms with van der Waals surface area (Å²) in [6.07, 6.45) is 5.34. The van der Waals surface area contributed by atoms with Gasteiger partial charge in [0.1, 0.15) is 16.3 Å². The maximum absolute atomic E-state index is 12.7. The van der Waals surface area contributed by atoms with Crippen LogP contribution in [0.15, 0.2) is 34.1 Å². The van der Waals surface area contributed by atoms with Gasteiger partial charge in [-0.15, -0.1) is 11.3 Å². The minimum atomic E-state index is -0.457. The van der Waals surface area contributed by atoms with Crippen molar-refractivity contribution < 1.29 is 19.1 Å². The van der Waals surface area contributed by atoms with E-state index in [0.29, 0.717) is 34.4 Å². The third kappa shape index (κ3) is 5.79. The molecule has 4 rings (SSSR count). The number of carbonyl (C=O) groups is 2. The van der Waals surface area contributed by atoms with E-state index in [2.05, 4.69) is 39.4 Å². The Bertz CT molecular complexity index is 1300. The lowest BCUT2D eigenvalue weighted by atomic mass is 9.89. The van der Waals surface area contributed by atoms with Crippen LogP contribution in [-0.4, -0.2) is 25.6 Å². The number of esters is 1. The Labute approximate surface area is 229 Å².